The Kier molecular flexibility index (Phi) is 3.59. The van der Waals surface area contributed by atoms with Crippen LogP contribution in [0.2, 0.25) is 0 Å². The van der Waals surface area contributed by atoms with Gasteiger partial charge in [-0.05, 0) is 35.9 Å². The molecule has 0 bridgehead atoms. The molecule has 1 aliphatic heterocycles. The molecule has 0 saturated carbocycles. The zero-order valence-corrected chi connectivity index (χ0v) is 12.1. The van der Waals surface area contributed by atoms with E-state index < -0.39 is 12.0 Å². The quantitative estimate of drug-likeness (QED) is 0.941. The molecule has 1 N–H and O–H groups in total. The molecule has 0 amide bonds. The van der Waals surface area contributed by atoms with Crippen LogP contribution >= 0.6 is 11.3 Å². The van der Waals surface area contributed by atoms with Crippen molar-refractivity contribution in [3.05, 3.63) is 57.8 Å². The molecular weight excluding hydrogens is 270 g/mol. The lowest BCUT2D eigenvalue weighted by Crippen LogP contribution is -2.46. The van der Waals surface area contributed by atoms with Gasteiger partial charge >= 0.3 is 5.97 Å². The largest absolute Gasteiger partial charge is 0.480 e. The third kappa shape index (κ3) is 2.37. The number of carboxylic acid groups (broad SMARTS) is 1. The van der Waals surface area contributed by atoms with Gasteiger partial charge in [-0.3, -0.25) is 9.69 Å². The summed E-state index contributed by atoms with van der Waals surface area (Å²) in [6, 6.07) is 11.9. The van der Waals surface area contributed by atoms with Crippen LogP contribution in [0.3, 0.4) is 0 Å². The number of nitrogens with zero attached hydrogens (tertiary/aromatic N) is 1. The van der Waals surface area contributed by atoms with Gasteiger partial charge in [0.05, 0.1) is 0 Å². The molecule has 104 valence electrons. The van der Waals surface area contributed by atoms with Gasteiger partial charge in [-0.15, -0.1) is 11.3 Å². The molecule has 2 aromatic rings. The first-order valence-corrected chi connectivity index (χ1v) is 7.63. The van der Waals surface area contributed by atoms with Crippen molar-refractivity contribution >= 4 is 17.3 Å². The molecule has 0 saturated heterocycles. The van der Waals surface area contributed by atoms with E-state index in [0.717, 1.165) is 5.56 Å². The first kappa shape index (κ1) is 13.3. The van der Waals surface area contributed by atoms with E-state index in [2.05, 4.69) is 24.0 Å². The van der Waals surface area contributed by atoms with E-state index >= 15 is 0 Å². The van der Waals surface area contributed by atoms with Crippen molar-refractivity contribution < 1.29 is 9.90 Å². The molecule has 3 rings (SSSR count). The van der Waals surface area contributed by atoms with Gasteiger partial charge in [-0.25, -0.2) is 0 Å². The average molecular weight is 287 g/mol. The number of hydrogen-bond donors (Lipinski definition) is 1. The Hall–Kier alpha value is -1.65. The van der Waals surface area contributed by atoms with Crippen molar-refractivity contribution in [1.82, 2.24) is 4.90 Å². The van der Waals surface area contributed by atoms with Crippen LogP contribution in [0.25, 0.3) is 0 Å². The molecule has 1 aromatic carbocycles. The molecule has 1 aromatic heterocycles. The Morgan fingerprint density at radius 1 is 1.30 bits per heavy atom. The Morgan fingerprint density at radius 2 is 2.05 bits per heavy atom. The lowest BCUT2D eigenvalue weighted by atomic mass is 9.92. The maximum absolute atomic E-state index is 11.6. The molecule has 1 aliphatic rings. The van der Waals surface area contributed by atoms with Crippen LogP contribution in [0.4, 0.5) is 0 Å². The summed E-state index contributed by atoms with van der Waals surface area (Å²) < 4.78 is 0. The summed E-state index contributed by atoms with van der Waals surface area (Å²) in [5.74, 6) is -0.733. The normalized spacial score (nSPS) is 20.4. The molecule has 0 spiro atoms. The lowest BCUT2D eigenvalue weighted by molar-refractivity contribution is -0.145. The minimum absolute atomic E-state index is 0.129. The van der Waals surface area contributed by atoms with E-state index in [1.807, 2.05) is 29.6 Å². The minimum Gasteiger partial charge on any atom is -0.480 e. The molecule has 0 radical (unpaired) electrons. The maximum atomic E-state index is 11.6. The second kappa shape index (κ2) is 5.38. The molecule has 20 heavy (non-hydrogen) atoms. The fraction of sp³-hybridized carbons (Fsp3) is 0.312. The third-order valence-electron chi connectivity index (χ3n) is 4.02. The molecule has 3 nitrogen and oxygen atoms in total. The first-order chi connectivity index (χ1) is 9.66. The van der Waals surface area contributed by atoms with Crippen LogP contribution < -0.4 is 0 Å². The number of carbonyl (C=O) groups is 1. The van der Waals surface area contributed by atoms with E-state index in [-0.39, 0.29) is 6.04 Å². The third-order valence-corrected chi connectivity index (χ3v) is 5.06. The lowest BCUT2D eigenvalue weighted by Gasteiger charge is -2.38. The number of rotatable bonds is 3. The molecule has 2 heterocycles. The van der Waals surface area contributed by atoms with Gasteiger partial charge in [0, 0.05) is 17.5 Å². The van der Waals surface area contributed by atoms with Gasteiger partial charge in [0.15, 0.2) is 0 Å². The summed E-state index contributed by atoms with van der Waals surface area (Å²) in [7, 11) is 0. The molecule has 0 fully saturated rings. The van der Waals surface area contributed by atoms with E-state index in [1.165, 1.54) is 10.4 Å². The standard InChI is InChI=1S/C16H17NO2S/c1-11(15-7-4-8-20-15)17-10-13-6-3-2-5-12(13)9-14(17)16(18)19/h2-8,11,14H,9-10H2,1H3,(H,18,19). The Morgan fingerprint density at radius 3 is 2.70 bits per heavy atom. The van der Waals surface area contributed by atoms with E-state index in [9.17, 15) is 9.90 Å². The van der Waals surface area contributed by atoms with Crippen LogP contribution in [0.1, 0.15) is 29.0 Å². The van der Waals surface area contributed by atoms with Crippen molar-refractivity contribution in [2.45, 2.75) is 32.0 Å². The van der Waals surface area contributed by atoms with Gasteiger partial charge in [-0.2, -0.15) is 0 Å². The number of carboxylic acids is 1. The predicted molar refractivity (Wildman–Crippen MR) is 79.8 cm³/mol. The topological polar surface area (TPSA) is 40.5 Å². The van der Waals surface area contributed by atoms with E-state index in [4.69, 9.17) is 0 Å². The molecule has 2 atom stereocenters. The smallest absolute Gasteiger partial charge is 0.321 e. The van der Waals surface area contributed by atoms with Gasteiger partial charge < -0.3 is 5.11 Å². The Bertz CT molecular complexity index is 609. The number of thiophene rings is 1. The van der Waals surface area contributed by atoms with Gasteiger partial charge in [-0.1, -0.05) is 30.3 Å². The van der Waals surface area contributed by atoms with Crippen LogP contribution in [-0.2, 0) is 17.8 Å². The van der Waals surface area contributed by atoms with Gasteiger partial charge in [0.2, 0.25) is 0 Å². The summed E-state index contributed by atoms with van der Waals surface area (Å²) in [5, 5.41) is 11.6. The Balaban J connectivity index is 1.94. The average Bonchev–Trinajstić information content (AvgIpc) is 2.99. The highest BCUT2D eigenvalue weighted by atomic mass is 32.1. The first-order valence-electron chi connectivity index (χ1n) is 6.75. The number of hydrogen-bond acceptors (Lipinski definition) is 3. The monoisotopic (exact) mass is 287 g/mol. The van der Waals surface area contributed by atoms with E-state index in [0.29, 0.717) is 13.0 Å². The number of benzene rings is 1. The molecular formula is C16H17NO2S. The number of fused-ring (bicyclic) bond motifs is 1. The minimum atomic E-state index is -0.733. The second-order valence-corrected chi connectivity index (χ2v) is 6.17. The van der Waals surface area contributed by atoms with Crippen LogP contribution in [0.5, 0.6) is 0 Å². The SMILES string of the molecule is CC(c1cccs1)N1Cc2ccccc2CC1C(=O)O. The summed E-state index contributed by atoms with van der Waals surface area (Å²) in [5.41, 5.74) is 2.41. The summed E-state index contributed by atoms with van der Waals surface area (Å²) in [6.07, 6.45) is 0.585. The zero-order valence-electron chi connectivity index (χ0n) is 11.3. The second-order valence-electron chi connectivity index (χ2n) is 5.19. The molecule has 0 aliphatic carbocycles. The fourth-order valence-corrected chi connectivity index (χ4v) is 3.68. The maximum Gasteiger partial charge on any atom is 0.321 e. The van der Waals surface area contributed by atoms with Crippen LogP contribution in [-0.4, -0.2) is 22.0 Å². The predicted octanol–water partition coefficient (Wildman–Crippen LogP) is 3.32. The van der Waals surface area contributed by atoms with Crippen LogP contribution in [0, 0.1) is 0 Å². The zero-order chi connectivity index (χ0) is 14.1. The van der Waals surface area contributed by atoms with E-state index in [1.54, 1.807) is 11.3 Å². The van der Waals surface area contributed by atoms with Crippen molar-refractivity contribution in [3.63, 3.8) is 0 Å². The van der Waals surface area contributed by atoms with Gasteiger partial charge in [0.25, 0.3) is 0 Å². The summed E-state index contributed by atoms with van der Waals surface area (Å²) >= 11 is 1.69. The highest BCUT2D eigenvalue weighted by molar-refractivity contribution is 7.10. The van der Waals surface area contributed by atoms with Crippen molar-refractivity contribution in [1.29, 1.82) is 0 Å². The Labute approximate surface area is 122 Å². The molecule has 4 heteroatoms. The molecule has 2 unspecified atom stereocenters. The highest BCUT2D eigenvalue weighted by Gasteiger charge is 2.34. The highest BCUT2D eigenvalue weighted by Crippen LogP contribution is 2.33. The summed E-state index contributed by atoms with van der Waals surface area (Å²) in [6.45, 7) is 2.79. The van der Waals surface area contributed by atoms with Crippen molar-refractivity contribution in [2.24, 2.45) is 0 Å². The number of aliphatic carboxylic acids is 1. The van der Waals surface area contributed by atoms with Crippen molar-refractivity contribution in [2.75, 3.05) is 0 Å². The van der Waals surface area contributed by atoms with Crippen molar-refractivity contribution in [3.8, 4) is 0 Å². The summed E-state index contributed by atoms with van der Waals surface area (Å²) in [4.78, 5) is 14.9. The van der Waals surface area contributed by atoms with Crippen LogP contribution in [0.15, 0.2) is 41.8 Å². The fourth-order valence-electron chi connectivity index (χ4n) is 2.87. The van der Waals surface area contributed by atoms with Gasteiger partial charge in [0.1, 0.15) is 6.04 Å².